The monoisotopic (exact) mass is 520 g/mol. The van der Waals surface area contributed by atoms with Crippen LogP contribution in [-0.2, 0) is 5.41 Å². The number of rotatable bonds is 5. The van der Waals surface area contributed by atoms with Crippen molar-refractivity contribution in [3.63, 3.8) is 0 Å². The Morgan fingerprint density at radius 2 is 1.68 bits per heavy atom. The number of nitrogens with two attached hydrogens (primary N) is 1. The van der Waals surface area contributed by atoms with E-state index < -0.39 is 23.8 Å². The molecular weight excluding hydrogens is 494 g/mol. The number of amides is 2. The SMILES string of the molecule is COc1ccc(-n2nc(C(N)=O)c3c2C(=O)N(c2ccc(C(=N)N4CCC(F)(F)C4)cc2)CC32CC2)cc1. The fraction of sp³-hybridized carbons (Fsp3) is 0.333. The molecule has 6 rings (SSSR count). The minimum absolute atomic E-state index is 0.0309. The normalized spacial score (nSPS) is 19.0. The summed E-state index contributed by atoms with van der Waals surface area (Å²) < 4.78 is 34.0. The number of hydrogen-bond donors (Lipinski definition) is 2. The number of methoxy groups -OCH3 is 1. The third-order valence-electron chi connectivity index (χ3n) is 7.67. The number of carbonyl (C=O) groups is 2. The third kappa shape index (κ3) is 3.80. The summed E-state index contributed by atoms with van der Waals surface area (Å²) in [6, 6.07) is 13.8. The largest absolute Gasteiger partial charge is 0.497 e. The molecule has 2 aromatic carbocycles. The average Bonchev–Trinajstić information content (AvgIpc) is 3.39. The number of likely N-dealkylation sites (tertiary alicyclic amines) is 1. The fourth-order valence-electron chi connectivity index (χ4n) is 5.46. The van der Waals surface area contributed by atoms with Crippen molar-refractivity contribution in [3.05, 3.63) is 71.0 Å². The number of anilines is 1. The number of alkyl halides is 2. The minimum Gasteiger partial charge on any atom is -0.497 e. The molecule has 3 N–H and O–H groups in total. The predicted octanol–water partition coefficient (Wildman–Crippen LogP) is 3.34. The molecule has 3 aromatic rings. The molecule has 2 fully saturated rings. The molecule has 3 heterocycles. The van der Waals surface area contributed by atoms with Gasteiger partial charge in [0.15, 0.2) is 5.69 Å². The van der Waals surface area contributed by atoms with Crippen molar-refractivity contribution in [3.8, 4) is 11.4 Å². The number of fused-ring (bicyclic) bond motifs is 2. The van der Waals surface area contributed by atoms with Gasteiger partial charge in [-0.05, 0) is 61.4 Å². The Balaban J connectivity index is 1.36. The van der Waals surface area contributed by atoms with Crippen LogP contribution in [0.5, 0.6) is 5.75 Å². The maximum absolute atomic E-state index is 13.9. The second kappa shape index (κ2) is 8.37. The van der Waals surface area contributed by atoms with Gasteiger partial charge in [0, 0.05) is 41.7 Å². The summed E-state index contributed by atoms with van der Waals surface area (Å²) in [4.78, 5) is 29.3. The van der Waals surface area contributed by atoms with Crippen LogP contribution in [0.15, 0.2) is 48.5 Å². The molecule has 196 valence electrons. The number of carbonyl (C=O) groups excluding carboxylic acids is 2. The number of ether oxygens (including phenoxy) is 1. The van der Waals surface area contributed by atoms with Crippen molar-refractivity contribution in [2.24, 2.45) is 5.73 Å². The number of primary amides is 1. The van der Waals surface area contributed by atoms with Crippen molar-refractivity contribution < 1.29 is 23.1 Å². The zero-order chi connectivity index (χ0) is 26.8. The Kier molecular flexibility index (Phi) is 5.30. The van der Waals surface area contributed by atoms with Gasteiger partial charge in [0.05, 0.1) is 19.3 Å². The molecule has 0 unspecified atom stereocenters. The molecule has 0 bridgehead atoms. The highest BCUT2D eigenvalue weighted by Gasteiger charge is 2.56. The molecule has 1 aliphatic carbocycles. The smallest absolute Gasteiger partial charge is 0.277 e. The second-order valence-electron chi connectivity index (χ2n) is 10.1. The number of aromatic nitrogens is 2. The van der Waals surface area contributed by atoms with Gasteiger partial charge in [-0.1, -0.05) is 0 Å². The van der Waals surface area contributed by atoms with Crippen LogP contribution in [-0.4, -0.2) is 65.0 Å². The van der Waals surface area contributed by atoms with Gasteiger partial charge in [-0.15, -0.1) is 0 Å². The summed E-state index contributed by atoms with van der Waals surface area (Å²) in [5, 5.41) is 12.9. The lowest BCUT2D eigenvalue weighted by Crippen LogP contribution is -2.44. The number of halogens is 2. The van der Waals surface area contributed by atoms with E-state index in [1.54, 1.807) is 60.5 Å². The standard InChI is InChI=1S/C27H26F2N6O3/c1-38-19-8-6-18(7-9-19)35-22-20(21(32-35)24(31)36)26(10-11-26)14-34(25(22)37)17-4-2-16(3-5-17)23(30)33-13-12-27(28,29)15-33/h2-9,30H,10-15H2,1H3,(H2,31,36). The molecule has 2 aliphatic heterocycles. The maximum atomic E-state index is 13.9. The number of nitrogens with one attached hydrogen (secondary N) is 1. The third-order valence-corrected chi connectivity index (χ3v) is 7.67. The molecule has 9 nitrogen and oxygen atoms in total. The van der Waals surface area contributed by atoms with Crippen LogP contribution in [0.2, 0.25) is 0 Å². The first-order chi connectivity index (χ1) is 18.1. The highest BCUT2D eigenvalue weighted by atomic mass is 19.3. The highest BCUT2D eigenvalue weighted by molar-refractivity contribution is 6.11. The summed E-state index contributed by atoms with van der Waals surface area (Å²) in [5.74, 6) is -3.13. The van der Waals surface area contributed by atoms with Gasteiger partial charge in [-0.2, -0.15) is 5.10 Å². The number of benzene rings is 2. The first kappa shape index (κ1) is 24.1. The quantitative estimate of drug-likeness (QED) is 0.395. The van der Waals surface area contributed by atoms with Gasteiger partial charge in [0.2, 0.25) is 0 Å². The molecular formula is C27H26F2N6O3. The Hall–Kier alpha value is -4.28. The molecule has 3 aliphatic rings. The summed E-state index contributed by atoms with van der Waals surface area (Å²) in [7, 11) is 1.56. The highest BCUT2D eigenvalue weighted by Crippen LogP contribution is 2.54. The number of nitrogens with zero attached hydrogens (tertiary/aromatic N) is 4. The topological polar surface area (TPSA) is 118 Å². The van der Waals surface area contributed by atoms with Crippen LogP contribution in [0, 0.1) is 5.41 Å². The van der Waals surface area contributed by atoms with Crippen molar-refractivity contribution in [2.45, 2.75) is 30.6 Å². The Labute approximate surface area is 217 Å². The molecule has 1 aromatic heterocycles. The van der Waals surface area contributed by atoms with E-state index in [-0.39, 0.29) is 30.4 Å². The van der Waals surface area contributed by atoms with Crippen molar-refractivity contribution in [2.75, 3.05) is 31.6 Å². The second-order valence-corrected chi connectivity index (χ2v) is 10.1. The summed E-state index contributed by atoms with van der Waals surface area (Å²) >= 11 is 0. The molecule has 1 spiro atoms. The van der Waals surface area contributed by atoms with Gasteiger partial charge in [0.1, 0.15) is 17.3 Å². The lowest BCUT2D eigenvalue weighted by atomic mass is 9.88. The van der Waals surface area contributed by atoms with E-state index in [1.807, 2.05) is 0 Å². The van der Waals surface area contributed by atoms with Gasteiger partial charge >= 0.3 is 0 Å². The van der Waals surface area contributed by atoms with E-state index in [0.29, 0.717) is 40.5 Å². The first-order valence-electron chi connectivity index (χ1n) is 12.3. The fourth-order valence-corrected chi connectivity index (χ4v) is 5.46. The zero-order valence-corrected chi connectivity index (χ0v) is 20.7. The predicted molar refractivity (Wildman–Crippen MR) is 136 cm³/mol. The lowest BCUT2D eigenvalue weighted by molar-refractivity contribution is 0.0175. The average molecular weight is 521 g/mol. The molecule has 0 atom stereocenters. The first-order valence-corrected chi connectivity index (χ1v) is 12.3. The molecule has 38 heavy (non-hydrogen) atoms. The Morgan fingerprint density at radius 1 is 1.03 bits per heavy atom. The van der Waals surface area contributed by atoms with Gasteiger partial charge in [0.25, 0.3) is 17.7 Å². The summed E-state index contributed by atoms with van der Waals surface area (Å²) in [6.07, 6.45) is 1.30. The van der Waals surface area contributed by atoms with Crippen LogP contribution in [0.1, 0.15) is 51.4 Å². The van der Waals surface area contributed by atoms with E-state index in [9.17, 15) is 18.4 Å². The van der Waals surface area contributed by atoms with Gasteiger partial charge in [-0.3, -0.25) is 15.0 Å². The van der Waals surface area contributed by atoms with Crippen molar-refractivity contribution in [1.29, 1.82) is 5.41 Å². The number of amidine groups is 1. The van der Waals surface area contributed by atoms with Crippen LogP contribution < -0.4 is 15.4 Å². The van der Waals surface area contributed by atoms with Crippen LogP contribution in [0.25, 0.3) is 5.69 Å². The molecule has 1 saturated carbocycles. The van der Waals surface area contributed by atoms with Gasteiger partial charge < -0.3 is 20.3 Å². The van der Waals surface area contributed by atoms with Crippen LogP contribution in [0.3, 0.4) is 0 Å². The van der Waals surface area contributed by atoms with E-state index in [0.717, 1.165) is 12.8 Å². The molecule has 0 radical (unpaired) electrons. The zero-order valence-electron chi connectivity index (χ0n) is 20.7. The van der Waals surface area contributed by atoms with E-state index in [2.05, 4.69) is 5.10 Å². The molecule has 11 heteroatoms. The van der Waals surface area contributed by atoms with Crippen molar-refractivity contribution in [1.82, 2.24) is 14.7 Å². The lowest BCUT2D eigenvalue weighted by Gasteiger charge is -2.33. The van der Waals surface area contributed by atoms with E-state index >= 15 is 0 Å². The Bertz CT molecular complexity index is 1460. The van der Waals surface area contributed by atoms with E-state index in [1.165, 1.54) is 9.58 Å². The minimum atomic E-state index is -2.79. The molecule has 2 amide bonds. The summed E-state index contributed by atoms with van der Waals surface area (Å²) in [5.41, 5.74) is 7.96. The summed E-state index contributed by atoms with van der Waals surface area (Å²) in [6.45, 7) is 0.0185. The maximum Gasteiger partial charge on any atom is 0.277 e. The van der Waals surface area contributed by atoms with Crippen molar-refractivity contribution >= 4 is 23.3 Å². The van der Waals surface area contributed by atoms with Crippen LogP contribution >= 0.6 is 0 Å². The van der Waals surface area contributed by atoms with Gasteiger partial charge in [-0.25, -0.2) is 13.5 Å². The molecule has 1 saturated heterocycles. The van der Waals surface area contributed by atoms with Crippen LogP contribution in [0.4, 0.5) is 14.5 Å². The number of hydrogen-bond acceptors (Lipinski definition) is 5. The Morgan fingerprint density at radius 3 is 2.24 bits per heavy atom. The van der Waals surface area contributed by atoms with E-state index in [4.69, 9.17) is 15.9 Å².